The Morgan fingerprint density at radius 3 is 2.63 bits per heavy atom. The molecule has 0 spiro atoms. The number of hydrogen-bond acceptors (Lipinski definition) is 3. The molecule has 0 aromatic heterocycles. The van der Waals surface area contributed by atoms with Gasteiger partial charge in [-0.25, -0.2) is 0 Å². The molecule has 1 heterocycles. The minimum atomic E-state index is -0.697. The summed E-state index contributed by atoms with van der Waals surface area (Å²) in [4.78, 5) is 11.6. The second-order valence-electron chi connectivity index (χ2n) is 5.42. The highest BCUT2D eigenvalue weighted by molar-refractivity contribution is 5.81. The molecular formula is C15H18O4. The van der Waals surface area contributed by atoms with E-state index in [1.54, 1.807) is 0 Å². The Labute approximate surface area is 112 Å². The van der Waals surface area contributed by atoms with Crippen LogP contribution in [0.25, 0.3) is 0 Å². The quantitative estimate of drug-likeness (QED) is 0.884. The SMILES string of the molecule is CCOc1cccc(C2(C3(C(=O)O)CC3)COC2)c1. The summed E-state index contributed by atoms with van der Waals surface area (Å²) >= 11 is 0. The van der Waals surface area contributed by atoms with E-state index in [0.717, 1.165) is 24.2 Å². The maximum absolute atomic E-state index is 11.6. The van der Waals surface area contributed by atoms with Crippen molar-refractivity contribution in [1.29, 1.82) is 0 Å². The first-order valence-corrected chi connectivity index (χ1v) is 6.69. The highest BCUT2D eigenvalue weighted by atomic mass is 16.5. The fourth-order valence-electron chi connectivity index (χ4n) is 3.10. The smallest absolute Gasteiger partial charge is 0.310 e. The molecule has 1 aromatic carbocycles. The van der Waals surface area contributed by atoms with Crippen molar-refractivity contribution in [2.75, 3.05) is 19.8 Å². The lowest BCUT2D eigenvalue weighted by Gasteiger charge is -2.46. The molecule has 0 atom stereocenters. The second kappa shape index (κ2) is 4.23. The van der Waals surface area contributed by atoms with Crippen molar-refractivity contribution in [3.63, 3.8) is 0 Å². The lowest BCUT2D eigenvalue weighted by atomic mass is 9.66. The number of carboxylic acid groups (broad SMARTS) is 1. The van der Waals surface area contributed by atoms with E-state index in [0.29, 0.717) is 19.8 Å². The molecule has 1 saturated heterocycles. The Bertz CT molecular complexity index is 501. The topological polar surface area (TPSA) is 55.8 Å². The van der Waals surface area contributed by atoms with Gasteiger partial charge >= 0.3 is 5.97 Å². The molecule has 1 aromatic rings. The Hall–Kier alpha value is -1.55. The van der Waals surface area contributed by atoms with E-state index in [2.05, 4.69) is 0 Å². The molecule has 1 aliphatic carbocycles. The van der Waals surface area contributed by atoms with Gasteiger partial charge in [-0.05, 0) is 37.5 Å². The molecule has 0 radical (unpaired) electrons. The number of ether oxygens (including phenoxy) is 2. The zero-order chi connectivity index (χ0) is 13.5. The lowest BCUT2D eigenvalue weighted by Crippen LogP contribution is -2.56. The minimum Gasteiger partial charge on any atom is -0.494 e. The number of carboxylic acids is 1. The summed E-state index contributed by atoms with van der Waals surface area (Å²) in [7, 11) is 0. The van der Waals surface area contributed by atoms with Gasteiger partial charge < -0.3 is 14.6 Å². The third-order valence-electron chi connectivity index (χ3n) is 4.47. The highest BCUT2D eigenvalue weighted by Crippen LogP contribution is 2.62. The van der Waals surface area contributed by atoms with Crippen molar-refractivity contribution >= 4 is 5.97 Å². The van der Waals surface area contributed by atoms with Gasteiger partial charge in [-0.1, -0.05) is 12.1 Å². The summed E-state index contributed by atoms with van der Waals surface area (Å²) in [6.45, 7) is 3.54. The fourth-order valence-corrected chi connectivity index (χ4v) is 3.10. The van der Waals surface area contributed by atoms with Crippen molar-refractivity contribution in [3.8, 4) is 5.75 Å². The largest absolute Gasteiger partial charge is 0.494 e. The van der Waals surface area contributed by atoms with Crippen LogP contribution in [0.15, 0.2) is 24.3 Å². The van der Waals surface area contributed by atoms with Crippen molar-refractivity contribution in [2.24, 2.45) is 5.41 Å². The Morgan fingerprint density at radius 2 is 2.16 bits per heavy atom. The van der Waals surface area contributed by atoms with E-state index in [4.69, 9.17) is 9.47 Å². The van der Waals surface area contributed by atoms with Gasteiger partial charge in [0.15, 0.2) is 0 Å². The van der Waals surface area contributed by atoms with Crippen LogP contribution in [0.3, 0.4) is 0 Å². The van der Waals surface area contributed by atoms with E-state index in [9.17, 15) is 9.90 Å². The molecule has 1 saturated carbocycles. The molecule has 2 aliphatic rings. The van der Waals surface area contributed by atoms with Crippen LogP contribution in [0.5, 0.6) is 5.75 Å². The van der Waals surface area contributed by atoms with Gasteiger partial charge in [-0.2, -0.15) is 0 Å². The summed E-state index contributed by atoms with van der Waals surface area (Å²) in [5, 5.41) is 9.55. The van der Waals surface area contributed by atoms with E-state index >= 15 is 0 Å². The van der Waals surface area contributed by atoms with Gasteiger partial charge in [0.1, 0.15) is 5.75 Å². The van der Waals surface area contributed by atoms with Gasteiger partial charge in [0.05, 0.1) is 30.7 Å². The first kappa shape index (κ1) is 12.5. The van der Waals surface area contributed by atoms with Crippen LogP contribution in [0.1, 0.15) is 25.3 Å². The van der Waals surface area contributed by atoms with Crippen molar-refractivity contribution in [2.45, 2.75) is 25.2 Å². The molecule has 1 N–H and O–H groups in total. The van der Waals surface area contributed by atoms with E-state index in [1.807, 2.05) is 31.2 Å². The zero-order valence-corrected chi connectivity index (χ0v) is 11.0. The summed E-state index contributed by atoms with van der Waals surface area (Å²) < 4.78 is 10.9. The van der Waals surface area contributed by atoms with E-state index < -0.39 is 11.4 Å². The minimum absolute atomic E-state index is 0.369. The van der Waals surface area contributed by atoms with Gasteiger partial charge in [0.25, 0.3) is 0 Å². The highest BCUT2D eigenvalue weighted by Gasteiger charge is 2.68. The molecule has 3 rings (SSSR count). The van der Waals surface area contributed by atoms with Crippen LogP contribution in [0, 0.1) is 5.41 Å². The zero-order valence-electron chi connectivity index (χ0n) is 11.0. The summed E-state index contributed by atoms with van der Waals surface area (Å²) in [6.07, 6.45) is 1.48. The van der Waals surface area contributed by atoms with E-state index in [1.165, 1.54) is 0 Å². The summed E-state index contributed by atoms with van der Waals surface area (Å²) in [6, 6.07) is 7.79. The van der Waals surface area contributed by atoms with Gasteiger partial charge in [-0.3, -0.25) is 4.79 Å². The maximum atomic E-state index is 11.6. The predicted octanol–water partition coefficient (Wildman–Crippen LogP) is 2.22. The monoisotopic (exact) mass is 262 g/mol. The average Bonchev–Trinajstić information content (AvgIpc) is 3.10. The first-order chi connectivity index (χ1) is 9.14. The Morgan fingerprint density at radius 1 is 1.42 bits per heavy atom. The fraction of sp³-hybridized carbons (Fsp3) is 0.533. The van der Waals surface area contributed by atoms with Gasteiger partial charge in [0, 0.05) is 0 Å². The number of rotatable bonds is 5. The Balaban J connectivity index is 1.99. The molecule has 0 amide bonds. The number of hydrogen-bond donors (Lipinski definition) is 1. The maximum Gasteiger partial charge on any atom is 0.310 e. The van der Waals surface area contributed by atoms with Crippen LogP contribution in [-0.2, 0) is 14.9 Å². The molecule has 2 fully saturated rings. The standard InChI is InChI=1S/C15H18O4/c1-2-19-12-5-3-4-11(8-12)15(9-18-10-15)14(6-7-14)13(16)17/h3-5,8H,2,6-7,9-10H2,1H3,(H,16,17). The summed E-state index contributed by atoms with van der Waals surface area (Å²) in [5.41, 5.74) is 0.0341. The molecule has 4 nitrogen and oxygen atoms in total. The molecule has 102 valence electrons. The van der Waals surface area contributed by atoms with Crippen LogP contribution in [-0.4, -0.2) is 30.9 Å². The molecule has 0 bridgehead atoms. The summed E-state index contributed by atoms with van der Waals surface area (Å²) in [5.74, 6) is 0.102. The van der Waals surface area contributed by atoms with Gasteiger partial charge in [-0.15, -0.1) is 0 Å². The van der Waals surface area contributed by atoms with Crippen molar-refractivity contribution < 1.29 is 19.4 Å². The van der Waals surface area contributed by atoms with Crippen molar-refractivity contribution in [1.82, 2.24) is 0 Å². The third-order valence-corrected chi connectivity index (χ3v) is 4.47. The van der Waals surface area contributed by atoms with Crippen molar-refractivity contribution in [3.05, 3.63) is 29.8 Å². The average molecular weight is 262 g/mol. The lowest BCUT2D eigenvalue weighted by molar-refractivity contribution is -0.161. The van der Waals surface area contributed by atoms with Crippen LogP contribution in [0.4, 0.5) is 0 Å². The van der Waals surface area contributed by atoms with Crippen LogP contribution >= 0.6 is 0 Å². The van der Waals surface area contributed by atoms with E-state index in [-0.39, 0.29) is 5.41 Å². The van der Waals surface area contributed by atoms with Crippen LogP contribution in [0.2, 0.25) is 0 Å². The molecular weight excluding hydrogens is 244 g/mol. The predicted molar refractivity (Wildman–Crippen MR) is 69.4 cm³/mol. The molecule has 1 aliphatic heterocycles. The number of benzene rings is 1. The third kappa shape index (κ3) is 1.66. The number of aliphatic carboxylic acids is 1. The van der Waals surface area contributed by atoms with Crippen LogP contribution < -0.4 is 4.74 Å². The van der Waals surface area contributed by atoms with Gasteiger partial charge in [0.2, 0.25) is 0 Å². The first-order valence-electron chi connectivity index (χ1n) is 6.69. The number of carbonyl (C=O) groups is 1. The second-order valence-corrected chi connectivity index (χ2v) is 5.42. The normalized spacial score (nSPS) is 22.4. The molecule has 19 heavy (non-hydrogen) atoms. The Kier molecular flexibility index (Phi) is 2.78. The molecule has 4 heteroatoms. The molecule has 0 unspecified atom stereocenters.